The summed E-state index contributed by atoms with van der Waals surface area (Å²) < 4.78 is 7.03. The molecule has 2 rings (SSSR count). The van der Waals surface area contributed by atoms with E-state index in [1.807, 2.05) is 0 Å². The standard InChI is InChI=1S/C10H10IN4O3P/c1-14-9(6-18-19-11)10(12-13-14)7-2-4-8(5-3-7)15(16)17/h2-5,19H,6H2,1H3. The number of hydrogen-bond donors (Lipinski definition) is 0. The fourth-order valence-corrected chi connectivity index (χ4v) is 2.26. The number of non-ortho nitro benzene ring substituents is 1. The van der Waals surface area contributed by atoms with E-state index in [4.69, 9.17) is 4.52 Å². The fourth-order valence-electron chi connectivity index (χ4n) is 1.60. The van der Waals surface area contributed by atoms with E-state index < -0.39 is 4.92 Å². The zero-order valence-corrected chi connectivity index (χ0v) is 13.1. The molecule has 0 radical (unpaired) electrons. The van der Waals surface area contributed by atoms with Gasteiger partial charge in [0.05, 0.1) is 23.7 Å². The average Bonchev–Trinajstić information content (AvgIpc) is 2.78. The van der Waals surface area contributed by atoms with Crippen molar-refractivity contribution >= 4 is 34.2 Å². The van der Waals surface area contributed by atoms with E-state index >= 15 is 0 Å². The van der Waals surface area contributed by atoms with Crippen LogP contribution in [0.4, 0.5) is 5.69 Å². The molecule has 0 saturated carbocycles. The van der Waals surface area contributed by atoms with Gasteiger partial charge in [-0.25, -0.2) is 4.68 Å². The van der Waals surface area contributed by atoms with Crippen LogP contribution in [0.1, 0.15) is 5.69 Å². The Bertz CT molecular complexity index is 587. The highest BCUT2D eigenvalue weighted by Gasteiger charge is 2.14. The van der Waals surface area contributed by atoms with Crippen LogP contribution in [0.3, 0.4) is 0 Å². The van der Waals surface area contributed by atoms with E-state index in [0.29, 0.717) is 18.8 Å². The fraction of sp³-hybridized carbons (Fsp3) is 0.200. The molecule has 100 valence electrons. The zero-order valence-electron chi connectivity index (χ0n) is 9.91. The smallest absolute Gasteiger partial charge is 0.269 e. The van der Waals surface area contributed by atoms with Gasteiger partial charge in [-0.2, -0.15) is 0 Å². The average molecular weight is 392 g/mol. The summed E-state index contributed by atoms with van der Waals surface area (Å²) in [7, 11) is 1.79. The minimum absolute atomic E-state index is 0.0548. The molecule has 0 bridgehead atoms. The van der Waals surface area contributed by atoms with Crippen LogP contribution >= 0.6 is 28.5 Å². The summed E-state index contributed by atoms with van der Waals surface area (Å²) in [6.07, 6.45) is 0. The van der Waals surface area contributed by atoms with Crippen molar-refractivity contribution in [3.63, 3.8) is 0 Å². The summed E-state index contributed by atoms with van der Waals surface area (Å²) in [6.45, 7) is 0.766. The highest BCUT2D eigenvalue weighted by Crippen LogP contribution is 2.28. The van der Waals surface area contributed by atoms with Crippen molar-refractivity contribution in [1.29, 1.82) is 0 Å². The molecule has 0 spiro atoms. The Labute approximate surface area is 123 Å². The number of nitro benzene ring substituents is 1. The molecule has 0 aliphatic carbocycles. The number of halogens is 1. The van der Waals surface area contributed by atoms with Gasteiger partial charge in [0.15, 0.2) is 0 Å². The molecule has 2 aromatic rings. The molecule has 7 nitrogen and oxygen atoms in total. The molecule has 1 unspecified atom stereocenters. The molecule has 0 aliphatic heterocycles. The number of benzene rings is 1. The summed E-state index contributed by atoms with van der Waals surface area (Å²) in [5, 5.41) is 18.6. The van der Waals surface area contributed by atoms with Crippen LogP contribution in [-0.2, 0) is 18.2 Å². The quantitative estimate of drug-likeness (QED) is 0.338. The van der Waals surface area contributed by atoms with Crippen molar-refractivity contribution in [2.75, 3.05) is 0 Å². The van der Waals surface area contributed by atoms with Crippen LogP contribution < -0.4 is 0 Å². The van der Waals surface area contributed by atoms with Gasteiger partial charge < -0.3 is 4.52 Å². The lowest BCUT2D eigenvalue weighted by molar-refractivity contribution is -0.384. The van der Waals surface area contributed by atoms with Crippen LogP contribution in [0.15, 0.2) is 24.3 Å². The molecule has 9 heteroatoms. The molecule has 1 aromatic carbocycles. The van der Waals surface area contributed by atoms with Crippen molar-refractivity contribution in [3.05, 3.63) is 40.1 Å². The van der Waals surface area contributed by atoms with Gasteiger partial charge in [0.25, 0.3) is 5.69 Å². The number of hydrogen-bond acceptors (Lipinski definition) is 5. The monoisotopic (exact) mass is 392 g/mol. The maximum Gasteiger partial charge on any atom is 0.269 e. The second-order valence-electron chi connectivity index (χ2n) is 3.68. The Hall–Kier alpha value is -1.12. The Morgan fingerprint density at radius 1 is 1.47 bits per heavy atom. The molecular formula is C10H10IN4O3P. The van der Waals surface area contributed by atoms with Crippen LogP contribution in [-0.4, -0.2) is 19.9 Å². The summed E-state index contributed by atoms with van der Waals surface area (Å²) in [5.41, 5.74) is 2.37. The first-order valence-corrected chi connectivity index (χ1v) is 9.26. The van der Waals surface area contributed by atoms with Crippen molar-refractivity contribution in [1.82, 2.24) is 15.0 Å². The van der Waals surface area contributed by atoms with Gasteiger partial charge in [0.2, 0.25) is 0 Å². The molecule has 1 aromatic heterocycles. The van der Waals surface area contributed by atoms with Gasteiger partial charge in [-0.1, -0.05) is 5.21 Å². The molecule has 0 N–H and O–H groups in total. The highest BCUT2D eigenvalue weighted by molar-refractivity contribution is 14.2. The third kappa shape index (κ3) is 3.26. The Balaban J connectivity index is 2.33. The first kappa shape index (κ1) is 14.3. The highest BCUT2D eigenvalue weighted by atomic mass is 127. The molecular weight excluding hydrogens is 382 g/mol. The number of nitrogens with zero attached hydrogens (tertiary/aromatic N) is 4. The Kier molecular flexibility index (Phi) is 4.78. The molecule has 0 saturated heterocycles. The number of aromatic nitrogens is 3. The largest absolute Gasteiger partial charge is 0.345 e. The predicted octanol–water partition coefficient (Wildman–Crippen LogP) is 2.85. The van der Waals surface area contributed by atoms with Crippen LogP contribution in [0.25, 0.3) is 11.3 Å². The lowest BCUT2D eigenvalue weighted by Gasteiger charge is -2.03. The molecule has 0 fully saturated rings. The summed E-state index contributed by atoms with van der Waals surface area (Å²) in [5.74, 6) is 0. The van der Waals surface area contributed by atoms with Crippen molar-refractivity contribution in [2.24, 2.45) is 7.05 Å². The zero-order chi connectivity index (χ0) is 13.8. The van der Waals surface area contributed by atoms with Crippen molar-refractivity contribution in [3.8, 4) is 11.3 Å². The van der Waals surface area contributed by atoms with E-state index in [-0.39, 0.29) is 5.69 Å². The lowest BCUT2D eigenvalue weighted by Crippen LogP contribution is -1.99. The third-order valence-corrected chi connectivity index (χ3v) is 3.75. The maximum atomic E-state index is 10.6. The first-order chi connectivity index (χ1) is 9.13. The van der Waals surface area contributed by atoms with Gasteiger partial charge in [-0.15, -0.1) is 5.10 Å². The van der Waals surface area contributed by atoms with Gasteiger partial charge >= 0.3 is 0 Å². The minimum Gasteiger partial charge on any atom is -0.345 e. The second kappa shape index (κ2) is 6.36. The van der Waals surface area contributed by atoms with Crippen LogP contribution in [0, 0.1) is 10.1 Å². The van der Waals surface area contributed by atoms with E-state index in [1.54, 1.807) is 23.9 Å². The Morgan fingerprint density at radius 3 is 2.74 bits per heavy atom. The van der Waals surface area contributed by atoms with Gasteiger partial charge in [-0.3, -0.25) is 10.1 Å². The topological polar surface area (TPSA) is 83.1 Å². The second-order valence-corrected chi connectivity index (χ2v) is 5.44. The van der Waals surface area contributed by atoms with Gasteiger partial charge in [0.1, 0.15) is 5.69 Å². The summed E-state index contributed by atoms with van der Waals surface area (Å²) >= 11 is 2.14. The lowest BCUT2D eigenvalue weighted by atomic mass is 10.1. The molecule has 0 aliphatic rings. The van der Waals surface area contributed by atoms with E-state index in [0.717, 1.165) is 11.3 Å². The van der Waals surface area contributed by atoms with Crippen molar-refractivity contribution in [2.45, 2.75) is 6.61 Å². The van der Waals surface area contributed by atoms with E-state index in [1.165, 1.54) is 12.1 Å². The van der Waals surface area contributed by atoms with Gasteiger partial charge in [0, 0.05) is 24.7 Å². The number of rotatable bonds is 5. The molecule has 1 heterocycles. The minimum atomic E-state index is -0.429. The number of aryl methyl sites for hydroxylation is 1. The summed E-state index contributed by atoms with van der Waals surface area (Å²) in [6, 6.07) is 6.24. The molecule has 0 amide bonds. The van der Waals surface area contributed by atoms with Crippen LogP contribution in [0.2, 0.25) is 0 Å². The van der Waals surface area contributed by atoms with Crippen molar-refractivity contribution < 1.29 is 9.45 Å². The van der Waals surface area contributed by atoms with E-state index in [9.17, 15) is 10.1 Å². The van der Waals surface area contributed by atoms with Crippen LogP contribution in [0.5, 0.6) is 0 Å². The van der Waals surface area contributed by atoms with E-state index in [2.05, 4.69) is 32.4 Å². The third-order valence-electron chi connectivity index (χ3n) is 2.56. The molecule has 1 atom stereocenters. The first-order valence-electron chi connectivity index (χ1n) is 5.24. The normalized spacial score (nSPS) is 11.3. The predicted molar refractivity (Wildman–Crippen MR) is 80.2 cm³/mol. The SMILES string of the molecule is Cn1nnc(-c2ccc([N+](=O)[O-])cc2)c1COPI. The maximum absolute atomic E-state index is 10.6. The Morgan fingerprint density at radius 2 is 2.16 bits per heavy atom. The molecule has 19 heavy (non-hydrogen) atoms. The van der Waals surface area contributed by atoms with Gasteiger partial charge in [-0.05, 0) is 34.2 Å². The number of nitro groups is 1. The summed E-state index contributed by atoms with van der Waals surface area (Å²) in [4.78, 5) is 10.2.